The highest BCUT2D eigenvalue weighted by Crippen LogP contribution is 2.34. The molecule has 0 saturated heterocycles. The molecule has 11 nitrogen and oxygen atoms in total. The van der Waals surface area contributed by atoms with Crippen molar-refractivity contribution < 1.29 is 71.4 Å². The Morgan fingerprint density at radius 1 is 0.782 bits per heavy atom. The van der Waals surface area contributed by atoms with Gasteiger partial charge < -0.3 is 14.7 Å². The summed E-state index contributed by atoms with van der Waals surface area (Å²) in [5.41, 5.74) is -3.00. The zero-order chi connectivity index (χ0) is 41.4. The van der Waals surface area contributed by atoms with Crippen LogP contribution >= 0.6 is 0 Å². The summed E-state index contributed by atoms with van der Waals surface area (Å²) in [4.78, 5) is 23.8. The fraction of sp³-hybridized carbons (Fsp3) is 0.235. The predicted octanol–water partition coefficient (Wildman–Crippen LogP) is 6.01. The molecule has 0 spiro atoms. The van der Waals surface area contributed by atoms with E-state index in [1.165, 1.54) is 18.2 Å². The highest BCUT2D eigenvalue weighted by molar-refractivity contribution is 7.89. The Labute approximate surface area is 308 Å². The number of carbonyl (C=O) groups is 2. The average Bonchev–Trinajstić information content (AvgIpc) is 3.08. The molecule has 4 aromatic rings. The summed E-state index contributed by atoms with van der Waals surface area (Å²) in [5, 5.41) is 9.49. The smallest absolute Gasteiger partial charge is 0.335 e. The Morgan fingerprint density at radius 2 is 1.35 bits per heavy atom. The normalized spacial score (nSPS) is 12.2. The Hall–Kier alpha value is -5.12. The molecule has 0 bridgehead atoms. The van der Waals surface area contributed by atoms with Crippen molar-refractivity contribution in [3.05, 3.63) is 118 Å². The molecule has 4 rings (SSSR count). The number of carboxylic acids is 1. The van der Waals surface area contributed by atoms with Crippen LogP contribution in [0.5, 0.6) is 5.75 Å². The van der Waals surface area contributed by atoms with Crippen LogP contribution in [0.2, 0.25) is 0 Å². The van der Waals surface area contributed by atoms with Crippen LogP contribution in [-0.4, -0.2) is 57.3 Å². The van der Waals surface area contributed by atoms with Crippen molar-refractivity contribution in [3.63, 3.8) is 0 Å². The van der Waals surface area contributed by atoms with Crippen molar-refractivity contribution in [2.24, 2.45) is 0 Å². The van der Waals surface area contributed by atoms with Gasteiger partial charge in [-0.3, -0.25) is 4.79 Å². The maximum atomic E-state index is 15.0. The maximum absolute atomic E-state index is 15.0. The van der Waals surface area contributed by atoms with Crippen LogP contribution in [0.1, 0.15) is 42.3 Å². The number of rotatable bonds is 13. The van der Waals surface area contributed by atoms with Crippen LogP contribution in [0.15, 0.2) is 64.4 Å². The van der Waals surface area contributed by atoms with Gasteiger partial charge in [0.25, 0.3) is 0 Å². The fourth-order valence-electron chi connectivity index (χ4n) is 5.10. The third kappa shape index (κ3) is 9.23. The summed E-state index contributed by atoms with van der Waals surface area (Å²) >= 11 is 0. The van der Waals surface area contributed by atoms with E-state index in [0.717, 1.165) is 31.4 Å². The molecule has 0 aromatic heterocycles. The standard InChI is InChI=1S/C34H29F8N3O8S2/c1-34(2,3)43-54(49,50)20-7-5-6-17(10-20)14-45(24-9-8-18(33(47)48)11-25(24)53-4)26(46)16-44(15-21-22(36)12-19(35)13-23(21)37)55(51,52)32-30(41)28(39)27(38)29(40)31(32)42/h5-13,43H,14-16H2,1-4H3,(H,47,48). The third-order valence-corrected chi connectivity index (χ3v) is 11.1. The molecule has 296 valence electrons. The van der Waals surface area contributed by atoms with Crippen molar-refractivity contribution in [2.45, 2.75) is 49.2 Å². The van der Waals surface area contributed by atoms with Gasteiger partial charge in [0.05, 0.1) is 36.3 Å². The van der Waals surface area contributed by atoms with E-state index in [1.807, 2.05) is 0 Å². The van der Waals surface area contributed by atoms with Crippen molar-refractivity contribution in [1.29, 1.82) is 0 Å². The second-order valence-electron chi connectivity index (χ2n) is 12.7. The third-order valence-electron chi connectivity index (χ3n) is 7.53. The number of carboxylic acid groups (broad SMARTS) is 1. The second kappa shape index (κ2) is 15.9. The van der Waals surface area contributed by atoms with Gasteiger partial charge in [-0.2, -0.15) is 4.31 Å². The molecule has 21 heteroatoms. The number of nitrogens with zero attached hydrogens (tertiary/aromatic N) is 2. The molecule has 0 unspecified atom stereocenters. The SMILES string of the molecule is COc1cc(C(=O)O)ccc1N(Cc1cccc(S(=O)(=O)NC(C)(C)C)c1)C(=O)CN(Cc1c(F)cc(F)cc1F)S(=O)(=O)c1c(F)c(F)c(F)c(F)c1F. The molecule has 55 heavy (non-hydrogen) atoms. The van der Waals surface area contributed by atoms with E-state index in [2.05, 4.69) is 4.72 Å². The van der Waals surface area contributed by atoms with Crippen LogP contribution in [0.3, 0.4) is 0 Å². The van der Waals surface area contributed by atoms with Gasteiger partial charge in [-0.25, -0.2) is 61.5 Å². The van der Waals surface area contributed by atoms with Gasteiger partial charge in [-0.15, -0.1) is 0 Å². The molecule has 0 heterocycles. The highest BCUT2D eigenvalue weighted by atomic mass is 32.2. The van der Waals surface area contributed by atoms with Crippen LogP contribution in [0.25, 0.3) is 0 Å². The first-order valence-electron chi connectivity index (χ1n) is 15.4. The number of hydrogen-bond donors (Lipinski definition) is 2. The number of carbonyl (C=O) groups excluding carboxylic acids is 1. The lowest BCUT2D eigenvalue weighted by atomic mass is 10.1. The van der Waals surface area contributed by atoms with E-state index in [1.54, 1.807) is 20.8 Å². The van der Waals surface area contributed by atoms with Crippen molar-refractivity contribution in [3.8, 4) is 5.75 Å². The lowest BCUT2D eigenvalue weighted by Crippen LogP contribution is -2.43. The predicted molar refractivity (Wildman–Crippen MR) is 178 cm³/mol. The number of amides is 1. The first-order chi connectivity index (χ1) is 25.4. The Kier molecular flexibility index (Phi) is 12.3. The van der Waals surface area contributed by atoms with Gasteiger partial charge in [0, 0.05) is 29.8 Å². The molecule has 4 aromatic carbocycles. The zero-order valence-corrected chi connectivity index (χ0v) is 30.5. The largest absolute Gasteiger partial charge is 0.495 e. The first-order valence-corrected chi connectivity index (χ1v) is 18.3. The topological polar surface area (TPSA) is 150 Å². The summed E-state index contributed by atoms with van der Waals surface area (Å²) in [6.45, 7) is 0.551. The quantitative estimate of drug-likeness (QED) is 0.0947. The number of sulfonamides is 2. The lowest BCUT2D eigenvalue weighted by molar-refractivity contribution is -0.119. The number of hydrogen-bond acceptors (Lipinski definition) is 7. The number of halogens is 8. The van der Waals surface area contributed by atoms with Crippen molar-refractivity contribution in [1.82, 2.24) is 9.03 Å². The molecule has 0 radical (unpaired) electrons. The molecule has 2 N–H and O–H groups in total. The van der Waals surface area contributed by atoms with Gasteiger partial charge in [0.1, 0.15) is 23.2 Å². The minimum atomic E-state index is -6.16. The Balaban J connectivity index is 1.93. The van der Waals surface area contributed by atoms with Crippen molar-refractivity contribution in [2.75, 3.05) is 18.6 Å². The summed E-state index contributed by atoms with van der Waals surface area (Å²) in [6, 6.07) is 7.93. The Morgan fingerprint density at radius 3 is 1.87 bits per heavy atom. The lowest BCUT2D eigenvalue weighted by Gasteiger charge is -2.29. The van der Waals surface area contributed by atoms with E-state index in [-0.39, 0.29) is 43.9 Å². The van der Waals surface area contributed by atoms with Gasteiger partial charge in [0.2, 0.25) is 31.8 Å². The number of methoxy groups -OCH3 is 1. The minimum absolute atomic E-state index is 0.000653. The molecule has 0 aliphatic heterocycles. The molecule has 0 atom stereocenters. The van der Waals surface area contributed by atoms with Gasteiger partial charge in [-0.05, 0) is 56.7 Å². The van der Waals surface area contributed by atoms with E-state index in [0.29, 0.717) is 4.90 Å². The number of anilines is 1. The molecular formula is C34H29F8N3O8S2. The number of aromatic carboxylic acids is 1. The molecule has 0 aliphatic rings. The van der Waals surface area contributed by atoms with Crippen LogP contribution in [0, 0.1) is 46.5 Å². The van der Waals surface area contributed by atoms with E-state index >= 15 is 0 Å². The van der Waals surface area contributed by atoms with Crippen LogP contribution < -0.4 is 14.4 Å². The number of benzene rings is 4. The van der Waals surface area contributed by atoms with E-state index < -0.39 is 114 Å². The summed E-state index contributed by atoms with van der Waals surface area (Å²) in [7, 11) is -9.33. The first kappa shape index (κ1) is 42.6. The molecule has 0 saturated carbocycles. The molecule has 1 amide bonds. The number of nitrogens with one attached hydrogen (secondary N) is 1. The molecule has 0 aliphatic carbocycles. The Bertz CT molecular complexity index is 2360. The molecule has 0 fully saturated rings. The average molecular weight is 824 g/mol. The van der Waals surface area contributed by atoms with E-state index in [9.17, 15) is 66.7 Å². The van der Waals surface area contributed by atoms with Crippen LogP contribution in [0.4, 0.5) is 40.8 Å². The second-order valence-corrected chi connectivity index (χ2v) is 16.3. The zero-order valence-electron chi connectivity index (χ0n) is 28.9. The summed E-state index contributed by atoms with van der Waals surface area (Å²) in [5.74, 6) is -22.3. The number of ether oxygens (including phenoxy) is 1. The minimum Gasteiger partial charge on any atom is -0.495 e. The van der Waals surface area contributed by atoms with Crippen molar-refractivity contribution >= 4 is 37.6 Å². The molecular weight excluding hydrogens is 795 g/mol. The maximum Gasteiger partial charge on any atom is 0.335 e. The summed E-state index contributed by atoms with van der Waals surface area (Å²) < 4.78 is 177. The van der Waals surface area contributed by atoms with Crippen LogP contribution in [-0.2, 0) is 37.9 Å². The summed E-state index contributed by atoms with van der Waals surface area (Å²) in [6.07, 6.45) is 0. The monoisotopic (exact) mass is 823 g/mol. The van der Waals surface area contributed by atoms with Gasteiger partial charge in [0.15, 0.2) is 28.2 Å². The van der Waals surface area contributed by atoms with Gasteiger partial charge >= 0.3 is 5.97 Å². The highest BCUT2D eigenvalue weighted by Gasteiger charge is 2.40. The fourth-order valence-corrected chi connectivity index (χ4v) is 8.06. The van der Waals surface area contributed by atoms with Gasteiger partial charge in [-0.1, -0.05) is 12.1 Å². The van der Waals surface area contributed by atoms with E-state index in [4.69, 9.17) is 4.74 Å².